The van der Waals surface area contributed by atoms with Crippen LogP contribution in [0.3, 0.4) is 0 Å². The lowest BCUT2D eigenvalue weighted by atomic mass is 10.1. The van der Waals surface area contributed by atoms with Crippen LogP contribution in [0.2, 0.25) is 0 Å². The third-order valence-electron chi connectivity index (χ3n) is 5.45. The molecule has 140 valence electrons. The number of carbonyl (C=O) groups is 1. The van der Waals surface area contributed by atoms with E-state index in [1.54, 1.807) is 18.6 Å². The Labute approximate surface area is 158 Å². The number of aromatic nitrogens is 2. The van der Waals surface area contributed by atoms with Gasteiger partial charge in [0.05, 0.1) is 0 Å². The molecular weight excluding hydrogens is 340 g/mol. The molecule has 2 aromatic heterocycles. The van der Waals surface area contributed by atoms with Gasteiger partial charge in [0.1, 0.15) is 5.69 Å². The number of carbonyl (C=O) groups excluding carboxylic acids is 1. The van der Waals surface area contributed by atoms with Gasteiger partial charge in [-0.1, -0.05) is 6.58 Å². The quantitative estimate of drug-likeness (QED) is 0.800. The highest BCUT2D eigenvalue weighted by molar-refractivity contribution is 5.87. The van der Waals surface area contributed by atoms with Gasteiger partial charge in [0.15, 0.2) is 0 Å². The lowest BCUT2D eigenvalue weighted by Crippen LogP contribution is -2.42. The zero-order valence-corrected chi connectivity index (χ0v) is 15.3. The number of nitrogens with one attached hydrogen (secondary N) is 1. The Balaban J connectivity index is 1.65. The highest BCUT2D eigenvalue weighted by Gasteiger charge is 2.34. The molecule has 0 aromatic carbocycles. The Morgan fingerprint density at radius 1 is 1.30 bits per heavy atom. The van der Waals surface area contributed by atoms with E-state index in [2.05, 4.69) is 21.4 Å². The van der Waals surface area contributed by atoms with Crippen molar-refractivity contribution in [2.24, 2.45) is 5.92 Å². The molecular formula is C21H24N4O2. The van der Waals surface area contributed by atoms with Crippen molar-refractivity contribution in [1.82, 2.24) is 14.9 Å². The number of H-pyrrole nitrogens is 1. The number of anilines is 1. The molecule has 1 aliphatic heterocycles. The highest BCUT2D eigenvalue weighted by atomic mass is 16.2. The van der Waals surface area contributed by atoms with E-state index in [0.717, 1.165) is 24.1 Å². The van der Waals surface area contributed by atoms with Crippen LogP contribution in [-0.4, -0.2) is 46.5 Å². The second-order valence-electron chi connectivity index (χ2n) is 7.37. The minimum absolute atomic E-state index is 0.0386. The average Bonchev–Trinajstić information content (AvgIpc) is 3.40. The first-order valence-electron chi connectivity index (χ1n) is 9.47. The number of rotatable bonds is 6. The van der Waals surface area contributed by atoms with Crippen LogP contribution in [0.25, 0.3) is 11.1 Å². The van der Waals surface area contributed by atoms with Gasteiger partial charge in [-0.15, -0.1) is 0 Å². The van der Waals surface area contributed by atoms with Crippen LogP contribution in [0.4, 0.5) is 5.69 Å². The Morgan fingerprint density at radius 3 is 2.78 bits per heavy atom. The number of aromatic amines is 1. The predicted octanol–water partition coefficient (Wildman–Crippen LogP) is 2.44. The third-order valence-corrected chi connectivity index (χ3v) is 5.45. The summed E-state index contributed by atoms with van der Waals surface area (Å²) in [7, 11) is 0. The average molecular weight is 364 g/mol. The maximum Gasteiger partial charge on any atom is 0.271 e. The van der Waals surface area contributed by atoms with Crippen LogP contribution >= 0.6 is 0 Å². The van der Waals surface area contributed by atoms with E-state index in [1.807, 2.05) is 23.1 Å². The van der Waals surface area contributed by atoms with Gasteiger partial charge in [0.2, 0.25) is 5.91 Å². The number of likely N-dealkylation sites (tertiary alicyclic amines) is 1. The second-order valence-corrected chi connectivity index (χ2v) is 7.37. The molecule has 1 amide bonds. The van der Waals surface area contributed by atoms with Gasteiger partial charge in [0, 0.05) is 49.8 Å². The van der Waals surface area contributed by atoms with Crippen molar-refractivity contribution in [2.75, 3.05) is 24.5 Å². The summed E-state index contributed by atoms with van der Waals surface area (Å²) in [5, 5.41) is 0. The van der Waals surface area contributed by atoms with Crippen LogP contribution < -0.4 is 10.5 Å². The van der Waals surface area contributed by atoms with Crippen molar-refractivity contribution in [3.8, 4) is 11.1 Å². The molecule has 0 spiro atoms. The summed E-state index contributed by atoms with van der Waals surface area (Å²) in [4.78, 5) is 35.6. The van der Waals surface area contributed by atoms with Gasteiger partial charge in [-0.25, -0.2) is 0 Å². The molecule has 1 atom stereocenters. The van der Waals surface area contributed by atoms with E-state index in [0.29, 0.717) is 24.7 Å². The fourth-order valence-electron chi connectivity index (χ4n) is 3.74. The van der Waals surface area contributed by atoms with Crippen molar-refractivity contribution < 1.29 is 4.79 Å². The molecule has 1 aliphatic carbocycles. The summed E-state index contributed by atoms with van der Waals surface area (Å²) in [6.07, 6.45) is 9.89. The molecule has 6 nitrogen and oxygen atoms in total. The number of amides is 1. The SMILES string of the molecule is C=CC(=O)N1CC[C@H](N(CC2CC2)c2cc(-c3ccncc3)c[nH]c2=O)C1. The highest BCUT2D eigenvalue weighted by Crippen LogP contribution is 2.33. The van der Waals surface area contributed by atoms with E-state index >= 15 is 0 Å². The molecule has 27 heavy (non-hydrogen) atoms. The van der Waals surface area contributed by atoms with Gasteiger partial charge in [-0.3, -0.25) is 14.6 Å². The summed E-state index contributed by atoms with van der Waals surface area (Å²) in [6, 6.07) is 5.99. The summed E-state index contributed by atoms with van der Waals surface area (Å²) >= 11 is 0. The minimum atomic E-state index is -0.0815. The molecule has 2 aromatic rings. The molecule has 6 heteroatoms. The van der Waals surface area contributed by atoms with E-state index in [4.69, 9.17) is 0 Å². The zero-order valence-electron chi connectivity index (χ0n) is 15.3. The maximum absolute atomic E-state index is 12.7. The topological polar surface area (TPSA) is 69.3 Å². The summed E-state index contributed by atoms with van der Waals surface area (Å²) in [5.41, 5.74) is 2.59. The van der Waals surface area contributed by atoms with Crippen molar-refractivity contribution in [3.05, 3.63) is 59.8 Å². The molecule has 4 rings (SSSR count). The normalized spacial score (nSPS) is 19.1. The van der Waals surface area contributed by atoms with Gasteiger partial charge < -0.3 is 14.8 Å². The van der Waals surface area contributed by atoms with Crippen LogP contribution in [-0.2, 0) is 4.79 Å². The summed E-state index contributed by atoms with van der Waals surface area (Å²) in [5.74, 6) is 0.599. The second kappa shape index (κ2) is 7.39. The lowest BCUT2D eigenvalue weighted by molar-refractivity contribution is -0.125. The Morgan fingerprint density at radius 2 is 2.07 bits per heavy atom. The Kier molecular flexibility index (Phi) is 4.79. The van der Waals surface area contributed by atoms with E-state index < -0.39 is 0 Å². The van der Waals surface area contributed by atoms with Crippen molar-refractivity contribution in [1.29, 1.82) is 0 Å². The summed E-state index contributed by atoms with van der Waals surface area (Å²) in [6.45, 7) is 5.79. The summed E-state index contributed by atoms with van der Waals surface area (Å²) < 4.78 is 0. The molecule has 0 radical (unpaired) electrons. The fraction of sp³-hybridized carbons (Fsp3) is 0.381. The van der Waals surface area contributed by atoms with Crippen LogP contribution in [0.5, 0.6) is 0 Å². The monoisotopic (exact) mass is 364 g/mol. The molecule has 1 saturated carbocycles. The standard InChI is InChI=1S/C21H24N4O2/c1-2-20(26)24-10-7-18(14-24)25(13-15-3-4-15)19-11-17(12-23-21(19)27)16-5-8-22-9-6-16/h2,5-6,8-9,11-12,15,18H,1,3-4,7,10,13-14H2,(H,23,27)/t18-/m0/s1. The van der Waals surface area contributed by atoms with Crippen molar-refractivity contribution in [3.63, 3.8) is 0 Å². The first kappa shape index (κ1) is 17.5. The number of hydrogen-bond acceptors (Lipinski definition) is 4. The predicted molar refractivity (Wildman–Crippen MR) is 106 cm³/mol. The molecule has 3 heterocycles. The number of nitrogens with zero attached hydrogens (tertiary/aromatic N) is 3. The maximum atomic E-state index is 12.7. The van der Waals surface area contributed by atoms with Gasteiger partial charge in [-0.2, -0.15) is 0 Å². The first-order valence-corrected chi connectivity index (χ1v) is 9.47. The molecule has 2 aliphatic rings. The first-order chi connectivity index (χ1) is 13.2. The smallest absolute Gasteiger partial charge is 0.271 e. The van der Waals surface area contributed by atoms with Gasteiger partial charge in [0.25, 0.3) is 5.56 Å². The molecule has 0 unspecified atom stereocenters. The molecule has 0 bridgehead atoms. The van der Waals surface area contributed by atoms with E-state index in [1.165, 1.54) is 18.9 Å². The Bertz CT molecular complexity index is 889. The largest absolute Gasteiger partial charge is 0.362 e. The van der Waals surface area contributed by atoms with Crippen molar-refractivity contribution >= 4 is 11.6 Å². The molecule has 2 fully saturated rings. The zero-order chi connectivity index (χ0) is 18.8. The number of pyridine rings is 2. The third kappa shape index (κ3) is 3.79. The molecule has 1 saturated heterocycles. The Hall–Kier alpha value is -2.89. The molecule has 1 N–H and O–H groups in total. The van der Waals surface area contributed by atoms with Crippen molar-refractivity contribution in [2.45, 2.75) is 25.3 Å². The van der Waals surface area contributed by atoms with E-state index in [-0.39, 0.29) is 17.5 Å². The van der Waals surface area contributed by atoms with E-state index in [9.17, 15) is 9.59 Å². The van der Waals surface area contributed by atoms with Crippen LogP contribution in [0, 0.1) is 5.92 Å². The minimum Gasteiger partial charge on any atom is -0.362 e. The lowest BCUT2D eigenvalue weighted by Gasteiger charge is -2.31. The fourth-order valence-corrected chi connectivity index (χ4v) is 3.74. The number of hydrogen-bond donors (Lipinski definition) is 1. The van der Waals surface area contributed by atoms with Crippen LogP contribution in [0.15, 0.2) is 54.2 Å². The van der Waals surface area contributed by atoms with Gasteiger partial charge >= 0.3 is 0 Å². The van der Waals surface area contributed by atoms with Gasteiger partial charge in [-0.05, 0) is 55.0 Å². The van der Waals surface area contributed by atoms with Crippen LogP contribution in [0.1, 0.15) is 19.3 Å².